The van der Waals surface area contributed by atoms with Gasteiger partial charge in [-0.25, -0.2) is 0 Å². The Morgan fingerprint density at radius 3 is 2.67 bits per heavy atom. The molecular formula is C11H16O. The van der Waals surface area contributed by atoms with Gasteiger partial charge in [0.25, 0.3) is 0 Å². The number of rotatable bonds is 1. The largest absolute Gasteiger partial charge is 0.384 e. The fourth-order valence-corrected chi connectivity index (χ4v) is 1.62. The molecule has 0 unspecified atom stereocenters. The van der Waals surface area contributed by atoms with E-state index in [2.05, 4.69) is 17.9 Å². The molecule has 0 saturated heterocycles. The third kappa shape index (κ3) is 3.59. The highest BCUT2D eigenvalue weighted by atomic mass is 16.2. The molecule has 66 valence electrons. The second-order valence-electron chi connectivity index (χ2n) is 3.24. The van der Waals surface area contributed by atoms with E-state index in [1.54, 1.807) is 0 Å². The van der Waals surface area contributed by atoms with E-state index in [0.717, 1.165) is 5.92 Å². The summed E-state index contributed by atoms with van der Waals surface area (Å²) in [5.41, 5.74) is 0. The molecule has 0 aromatic heterocycles. The van der Waals surface area contributed by atoms with Gasteiger partial charge in [-0.2, -0.15) is 0 Å². The first-order chi connectivity index (χ1) is 5.93. The van der Waals surface area contributed by atoms with Crippen LogP contribution in [0.2, 0.25) is 0 Å². The zero-order chi connectivity index (χ0) is 8.65. The van der Waals surface area contributed by atoms with E-state index in [0.29, 0.717) is 0 Å². The molecule has 0 amide bonds. The molecule has 0 spiro atoms. The highest BCUT2D eigenvalue weighted by Crippen LogP contribution is 2.24. The minimum Gasteiger partial charge on any atom is -0.384 e. The Balaban J connectivity index is 2.24. The van der Waals surface area contributed by atoms with Crippen LogP contribution in [0, 0.1) is 17.8 Å². The Kier molecular flexibility index (Phi) is 4.56. The van der Waals surface area contributed by atoms with Gasteiger partial charge in [0.05, 0.1) is 0 Å². The van der Waals surface area contributed by atoms with Crippen molar-refractivity contribution in [2.75, 3.05) is 6.61 Å². The molecule has 0 aromatic rings. The van der Waals surface area contributed by atoms with Crippen molar-refractivity contribution >= 4 is 0 Å². The second-order valence-corrected chi connectivity index (χ2v) is 3.24. The molecule has 0 bridgehead atoms. The Labute approximate surface area is 74.5 Å². The molecule has 1 fully saturated rings. The molecule has 0 aliphatic heterocycles. The lowest BCUT2D eigenvalue weighted by Gasteiger charge is -2.17. The van der Waals surface area contributed by atoms with Crippen LogP contribution in [0.15, 0.2) is 12.2 Å². The lowest BCUT2D eigenvalue weighted by Crippen LogP contribution is -2.02. The fourth-order valence-electron chi connectivity index (χ4n) is 1.62. The van der Waals surface area contributed by atoms with E-state index in [-0.39, 0.29) is 6.61 Å². The van der Waals surface area contributed by atoms with Crippen molar-refractivity contribution in [1.82, 2.24) is 0 Å². The van der Waals surface area contributed by atoms with Gasteiger partial charge < -0.3 is 5.11 Å². The SMILES string of the molecule is OCC#C/C=C\C1CCCCC1. The summed E-state index contributed by atoms with van der Waals surface area (Å²) in [5.74, 6) is 6.15. The molecule has 1 saturated carbocycles. The monoisotopic (exact) mass is 164 g/mol. The van der Waals surface area contributed by atoms with E-state index < -0.39 is 0 Å². The minimum atomic E-state index is -0.0327. The summed E-state index contributed by atoms with van der Waals surface area (Å²) in [6.45, 7) is -0.0327. The second kappa shape index (κ2) is 5.85. The molecule has 1 N–H and O–H groups in total. The van der Waals surface area contributed by atoms with Crippen LogP contribution in [0.1, 0.15) is 32.1 Å². The van der Waals surface area contributed by atoms with Crippen LogP contribution in [0.25, 0.3) is 0 Å². The van der Waals surface area contributed by atoms with Gasteiger partial charge in [-0.3, -0.25) is 0 Å². The van der Waals surface area contributed by atoms with Gasteiger partial charge >= 0.3 is 0 Å². The third-order valence-corrected chi connectivity index (χ3v) is 2.28. The molecule has 1 aliphatic rings. The smallest absolute Gasteiger partial charge is 0.104 e. The highest BCUT2D eigenvalue weighted by molar-refractivity contribution is 5.16. The van der Waals surface area contributed by atoms with E-state index in [9.17, 15) is 0 Å². The number of hydrogen-bond donors (Lipinski definition) is 1. The Morgan fingerprint density at radius 2 is 2.00 bits per heavy atom. The van der Waals surface area contributed by atoms with Crippen molar-refractivity contribution in [1.29, 1.82) is 0 Å². The van der Waals surface area contributed by atoms with Gasteiger partial charge in [0.1, 0.15) is 6.61 Å². The van der Waals surface area contributed by atoms with Gasteiger partial charge in [-0.05, 0) is 24.8 Å². The standard InChI is InChI=1S/C11H16O/c12-10-6-2-5-9-11-7-3-1-4-8-11/h5,9,11-12H,1,3-4,7-8,10H2/b9-5-. The van der Waals surface area contributed by atoms with E-state index in [1.165, 1.54) is 32.1 Å². The molecule has 0 aromatic carbocycles. The van der Waals surface area contributed by atoms with Crippen molar-refractivity contribution in [3.05, 3.63) is 12.2 Å². The predicted octanol–water partition coefficient (Wildman–Crippen LogP) is 2.12. The molecular weight excluding hydrogens is 148 g/mol. The van der Waals surface area contributed by atoms with Crippen molar-refractivity contribution in [3.8, 4) is 11.8 Å². The first-order valence-corrected chi connectivity index (χ1v) is 4.69. The lowest BCUT2D eigenvalue weighted by atomic mass is 9.89. The minimum absolute atomic E-state index is 0.0327. The number of allylic oxidation sites excluding steroid dienone is 2. The first kappa shape index (κ1) is 9.35. The topological polar surface area (TPSA) is 20.2 Å². The average molecular weight is 164 g/mol. The van der Waals surface area contributed by atoms with Crippen molar-refractivity contribution in [2.24, 2.45) is 5.92 Å². The molecule has 1 rings (SSSR count). The first-order valence-electron chi connectivity index (χ1n) is 4.69. The molecule has 1 aliphatic carbocycles. The fraction of sp³-hybridized carbons (Fsp3) is 0.636. The molecule has 0 radical (unpaired) electrons. The summed E-state index contributed by atoms with van der Waals surface area (Å²) < 4.78 is 0. The quantitative estimate of drug-likeness (QED) is 0.588. The van der Waals surface area contributed by atoms with E-state index in [1.807, 2.05) is 6.08 Å². The van der Waals surface area contributed by atoms with Gasteiger partial charge in [0, 0.05) is 0 Å². The summed E-state index contributed by atoms with van der Waals surface area (Å²) in [6, 6.07) is 0. The van der Waals surface area contributed by atoms with Gasteiger partial charge in [0.2, 0.25) is 0 Å². The van der Waals surface area contributed by atoms with Crippen molar-refractivity contribution in [2.45, 2.75) is 32.1 Å². The summed E-state index contributed by atoms with van der Waals surface area (Å²) in [7, 11) is 0. The lowest BCUT2D eigenvalue weighted by molar-refractivity contribution is 0.350. The summed E-state index contributed by atoms with van der Waals surface area (Å²) in [5, 5.41) is 8.40. The zero-order valence-electron chi connectivity index (χ0n) is 7.42. The molecule has 1 heteroatoms. The van der Waals surface area contributed by atoms with Crippen LogP contribution < -0.4 is 0 Å². The summed E-state index contributed by atoms with van der Waals surface area (Å²) >= 11 is 0. The molecule has 12 heavy (non-hydrogen) atoms. The normalized spacial score (nSPS) is 19.1. The Bertz CT molecular complexity index is 189. The predicted molar refractivity (Wildman–Crippen MR) is 50.6 cm³/mol. The zero-order valence-corrected chi connectivity index (χ0v) is 7.42. The Hall–Kier alpha value is -0.740. The van der Waals surface area contributed by atoms with Crippen LogP contribution >= 0.6 is 0 Å². The number of hydrogen-bond acceptors (Lipinski definition) is 1. The molecule has 1 nitrogen and oxygen atoms in total. The number of aliphatic hydroxyl groups is 1. The number of aliphatic hydroxyl groups excluding tert-OH is 1. The maximum Gasteiger partial charge on any atom is 0.104 e. The average Bonchev–Trinajstić information content (AvgIpc) is 2.14. The van der Waals surface area contributed by atoms with Gasteiger partial charge in [0.15, 0.2) is 0 Å². The molecule has 0 atom stereocenters. The van der Waals surface area contributed by atoms with Crippen molar-refractivity contribution < 1.29 is 5.11 Å². The highest BCUT2D eigenvalue weighted by Gasteiger charge is 2.08. The maximum atomic E-state index is 8.40. The maximum absolute atomic E-state index is 8.40. The van der Waals surface area contributed by atoms with E-state index in [4.69, 9.17) is 5.11 Å². The van der Waals surface area contributed by atoms with Crippen LogP contribution in [-0.2, 0) is 0 Å². The molecule has 0 heterocycles. The van der Waals surface area contributed by atoms with Crippen LogP contribution in [0.5, 0.6) is 0 Å². The van der Waals surface area contributed by atoms with E-state index >= 15 is 0 Å². The summed E-state index contributed by atoms with van der Waals surface area (Å²) in [4.78, 5) is 0. The van der Waals surface area contributed by atoms with Gasteiger partial charge in [-0.15, -0.1) is 0 Å². The Morgan fingerprint density at radius 1 is 1.25 bits per heavy atom. The summed E-state index contributed by atoms with van der Waals surface area (Å²) in [6.07, 6.45) is 10.8. The van der Waals surface area contributed by atoms with Crippen LogP contribution in [-0.4, -0.2) is 11.7 Å². The van der Waals surface area contributed by atoms with Crippen molar-refractivity contribution in [3.63, 3.8) is 0 Å². The van der Waals surface area contributed by atoms with Gasteiger partial charge in [-0.1, -0.05) is 37.2 Å². The van der Waals surface area contributed by atoms with Crippen LogP contribution in [0.3, 0.4) is 0 Å². The third-order valence-electron chi connectivity index (χ3n) is 2.28. The van der Waals surface area contributed by atoms with Crippen LogP contribution in [0.4, 0.5) is 0 Å².